The van der Waals surface area contributed by atoms with Crippen LogP contribution in [0.1, 0.15) is 6.92 Å². The van der Waals surface area contributed by atoms with Crippen molar-refractivity contribution < 1.29 is 49.9 Å². The van der Waals surface area contributed by atoms with Crippen LogP contribution in [0.4, 0.5) is 47.8 Å². The average molecular weight is 558 g/mol. The number of hydrogen-bond donors (Lipinski definition) is 3. The molecule has 16 heteroatoms. The molecule has 8 nitrogen and oxygen atoms in total. The average Bonchev–Trinajstić information content (AvgIpc) is 2.85. The number of nitrogens with one attached hydrogen (secondary N) is 1. The zero-order valence-electron chi connectivity index (χ0n) is 19.1. The van der Waals surface area contributed by atoms with Gasteiger partial charge in [-0.25, -0.2) is 4.39 Å². The number of rotatable bonds is 12. The summed E-state index contributed by atoms with van der Waals surface area (Å²) in [6, 6.07) is 11.4. The number of likely N-dealkylation sites (N-methyl/N-ethyl adjacent to an activating group) is 1. The molecule has 0 aliphatic rings. The first-order valence-electron chi connectivity index (χ1n) is 10.5. The van der Waals surface area contributed by atoms with E-state index in [9.17, 15) is 49.9 Å². The Hall–Kier alpha value is -3.03. The molecule has 0 saturated heterocycles. The predicted molar refractivity (Wildman–Crippen MR) is 120 cm³/mol. The van der Waals surface area contributed by atoms with Crippen LogP contribution in [0.15, 0.2) is 58.8 Å². The summed E-state index contributed by atoms with van der Waals surface area (Å²) in [6.07, 6.45) is 0. The molecule has 204 valence electrons. The topological polar surface area (TPSA) is 115 Å². The van der Waals surface area contributed by atoms with Crippen molar-refractivity contribution in [3.05, 3.63) is 48.5 Å². The quantitative estimate of drug-likeness (QED) is 0.198. The maximum Gasteiger partial charge on any atom is 0.392 e. The first kappa shape index (κ1) is 30.2. The minimum absolute atomic E-state index is 0.167. The van der Waals surface area contributed by atoms with Crippen LogP contribution < -0.4 is 15.5 Å². The van der Waals surface area contributed by atoms with E-state index in [1.807, 2.05) is 0 Å². The molecular formula is C21H22F7N4O4P. The van der Waals surface area contributed by atoms with Crippen LogP contribution in [0, 0.1) is 0 Å². The minimum atomic E-state index is -6.23. The van der Waals surface area contributed by atoms with Crippen molar-refractivity contribution in [2.45, 2.75) is 24.7 Å². The van der Waals surface area contributed by atoms with Crippen molar-refractivity contribution in [1.82, 2.24) is 5.32 Å². The highest BCUT2D eigenvalue weighted by molar-refractivity contribution is 7.60. The maximum atomic E-state index is 13.6. The number of carbonyl (C=O) groups excluding carboxylic acids is 1. The molecule has 0 saturated carbocycles. The molecule has 0 aliphatic heterocycles. The number of hydrogen-bond acceptors (Lipinski definition) is 5. The number of benzene rings is 2. The summed E-state index contributed by atoms with van der Waals surface area (Å²) in [5.74, 6) is -20.5. The highest BCUT2D eigenvalue weighted by Gasteiger charge is 2.74. The van der Waals surface area contributed by atoms with Gasteiger partial charge in [-0.05, 0) is 49.4 Å². The first-order chi connectivity index (χ1) is 17.1. The maximum absolute atomic E-state index is 13.6. The summed E-state index contributed by atoms with van der Waals surface area (Å²) in [6.45, 7) is -1.91. The number of halogens is 7. The minimum Gasteiger partial charge on any atom is -0.370 e. The fourth-order valence-electron chi connectivity index (χ4n) is 2.92. The standard InChI is InChI=1S/C21H22F7N4O4P/c1-2-32(11-10-29-18(33)20(25,26)21(27,28)19(23,24)13-22)16-8-6-14(7-9-16)30-31-15-4-3-5-17(12-15)37(34,35)36/h3-9,12H,2,10-11,13H2,1H3,(H,29,33)(H2,34,35,36). The fourth-order valence-corrected chi connectivity index (χ4v) is 3.50. The van der Waals surface area contributed by atoms with Gasteiger partial charge in [-0.1, -0.05) is 6.07 Å². The Kier molecular flexibility index (Phi) is 9.44. The molecule has 2 aromatic rings. The van der Waals surface area contributed by atoms with E-state index in [0.717, 1.165) is 0 Å². The molecule has 0 aliphatic carbocycles. The smallest absolute Gasteiger partial charge is 0.370 e. The van der Waals surface area contributed by atoms with Gasteiger partial charge >= 0.3 is 25.4 Å². The second kappa shape index (κ2) is 11.6. The molecule has 0 atom stereocenters. The van der Waals surface area contributed by atoms with Crippen molar-refractivity contribution in [3.8, 4) is 0 Å². The van der Waals surface area contributed by atoms with Gasteiger partial charge in [0.25, 0.3) is 5.91 Å². The zero-order chi connectivity index (χ0) is 28.1. The lowest BCUT2D eigenvalue weighted by atomic mass is 10.0. The van der Waals surface area contributed by atoms with Crippen molar-refractivity contribution in [3.63, 3.8) is 0 Å². The third kappa shape index (κ3) is 7.05. The largest absolute Gasteiger partial charge is 0.392 e. The molecule has 0 radical (unpaired) electrons. The van der Waals surface area contributed by atoms with Gasteiger partial charge in [0.2, 0.25) is 0 Å². The second-order valence-corrected chi connectivity index (χ2v) is 9.21. The van der Waals surface area contributed by atoms with Gasteiger partial charge < -0.3 is 20.0 Å². The van der Waals surface area contributed by atoms with E-state index in [1.54, 1.807) is 6.92 Å². The molecule has 2 aromatic carbocycles. The van der Waals surface area contributed by atoms with Crippen LogP contribution in [0.25, 0.3) is 0 Å². The Bertz CT molecular complexity index is 1160. The van der Waals surface area contributed by atoms with Gasteiger partial charge in [0.15, 0.2) is 6.67 Å². The van der Waals surface area contributed by atoms with E-state index in [4.69, 9.17) is 0 Å². The van der Waals surface area contributed by atoms with E-state index < -0.39 is 44.5 Å². The lowest BCUT2D eigenvalue weighted by molar-refractivity contribution is -0.300. The second-order valence-electron chi connectivity index (χ2n) is 7.60. The lowest BCUT2D eigenvalue weighted by Crippen LogP contribution is -2.61. The first-order valence-corrected chi connectivity index (χ1v) is 12.1. The normalized spacial score (nSPS) is 13.1. The highest BCUT2D eigenvalue weighted by atomic mass is 31.2. The van der Waals surface area contributed by atoms with E-state index in [1.165, 1.54) is 58.7 Å². The Morgan fingerprint density at radius 2 is 1.59 bits per heavy atom. The van der Waals surface area contributed by atoms with Crippen LogP contribution >= 0.6 is 7.60 Å². The Labute approximate surface area is 206 Å². The number of alkyl halides is 7. The Morgan fingerprint density at radius 1 is 1.00 bits per heavy atom. The summed E-state index contributed by atoms with van der Waals surface area (Å²) >= 11 is 0. The number of nitrogens with zero attached hydrogens (tertiary/aromatic N) is 3. The summed E-state index contributed by atoms with van der Waals surface area (Å²) in [4.78, 5) is 31.5. The van der Waals surface area contributed by atoms with Gasteiger partial charge in [-0.15, -0.1) is 0 Å². The van der Waals surface area contributed by atoms with Crippen LogP contribution in [0.5, 0.6) is 0 Å². The molecule has 2 rings (SSSR count). The summed E-state index contributed by atoms with van der Waals surface area (Å²) < 4.78 is 103. The fraction of sp³-hybridized carbons (Fsp3) is 0.381. The van der Waals surface area contributed by atoms with Crippen LogP contribution in [-0.4, -0.2) is 59.8 Å². The Morgan fingerprint density at radius 3 is 2.14 bits per heavy atom. The zero-order valence-corrected chi connectivity index (χ0v) is 20.0. The number of anilines is 1. The van der Waals surface area contributed by atoms with E-state index in [2.05, 4.69) is 10.2 Å². The van der Waals surface area contributed by atoms with Crippen LogP contribution in [0.2, 0.25) is 0 Å². The van der Waals surface area contributed by atoms with Crippen LogP contribution in [-0.2, 0) is 9.36 Å². The van der Waals surface area contributed by atoms with Gasteiger partial charge in [0.1, 0.15) is 0 Å². The summed E-state index contributed by atoms with van der Waals surface area (Å²) in [7, 11) is -4.46. The molecule has 0 spiro atoms. The summed E-state index contributed by atoms with van der Waals surface area (Å²) in [5, 5.41) is 9.07. The van der Waals surface area contributed by atoms with E-state index in [0.29, 0.717) is 11.4 Å². The van der Waals surface area contributed by atoms with Crippen LogP contribution in [0.3, 0.4) is 0 Å². The van der Waals surface area contributed by atoms with Gasteiger partial charge in [0.05, 0.1) is 16.7 Å². The molecule has 0 bridgehead atoms. The number of amides is 1. The third-order valence-corrected chi connectivity index (χ3v) is 5.97. The van der Waals surface area contributed by atoms with E-state index in [-0.39, 0.29) is 24.1 Å². The molecule has 0 fully saturated rings. The summed E-state index contributed by atoms with van der Waals surface area (Å²) in [5.41, 5.74) is 1.02. The molecule has 0 aromatic heterocycles. The van der Waals surface area contributed by atoms with Gasteiger partial charge in [0, 0.05) is 25.3 Å². The molecule has 1 amide bonds. The van der Waals surface area contributed by atoms with Crippen molar-refractivity contribution in [2.24, 2.45) is 10.2 Å². The molecule has 37 heavy (non-hydrogen) atoms. The molecule has 0 heterocycles. The predicted octanol–water partition coefficient (Wildman–Crippen LogP) is 4.72. The Balaban J connectivity index is 2.02. The third-order valence-electron chi connectivity index (χ3n) is 5.02. The highest BCUT2D eigenvalue weighted by Crippen LogP contribution is 2.46. The lowest BCUT2D eigenvalue weighted by Gasteiger charge is -2.30. The molecule has 0 unspecified atom stereocenters. The van der Waals surface area contributed by atoms with Crippen molar-refractivity contribution in [1.29, 1.82) is 0 Å². The monoisotopic (exact) mass is 558 g/mol. The number of carbonyl (C=O) groups is 1. The SMILES string of the molecule is CCN(CCNC(=O)C(F)(F)C(F)(F)C(F)(F)CF)c1ccc(N=Nc2cccc(P(=O)(O)O)c2)cc1. The van der Waals surface area contributed by atoms with Crippen molar-refractivity contribution in [2.75, 3.05) is 31.2 Å². The van der Waals surface area contributed by atoms with Gasteiger partial charge in [-0.3, -0.25) is 9.36 Å². The van der Waals surface area contributed by atoms with Crippen molar-refractivity contribution >= 4 is 35.9 Å². The molecular weight excluding hydrogens is 536 g/mol. The number of azo groups is 1. The molecule has 3 N–H and O–H groups in total. The van der Waals surface area contributed by atoms with Gasteiger partial charge in [-0.2, -0.15) is 36.6 Å². The van der Waals surface area contributed by atoms with E-state index >= 15 is 0 Å².